The van der Waals surface area contributed by atoms with Gasteiger partial charge in [-0.25, -0.2) is 0 Å². The third-order valence-corrected chi connectivity index (χ3v) is 7.75. The van der Waals surface area contributed by atoms with Crippen molar-refractivity contribution in [1.82, 2.24) is 0 Å². The smallest absolute Gasteiger partial charge is 0.112 e. The SMILES string of the molecule is CN(C)c1ccc([Si](C)(C)c2ccc(Br)cc2)cc1. The summed E-state index contributed by atoms with van der Waals surface area (Å²) >= 11 is 3.50. The third kappa shape index (κ3) is 3.10. The van der Waals surface area contributed by atoms with Crippen molar-refractivity contribution in [1.29, 1.82) is 0 Å². The van der Waals surface area contributed by atoms with Crippen LogP contribution in [0, 0.1) is 0 Å². The molecule has 2 rings (SSSR count). The average molecular weight is 334 g/mol. The highest BCUT2D eigenvalue weighted by atomic mass is 79.9. The first-order valence-corrected chi connectivity index (χ1v) is 10.2. The summed E-state index contributed by atoms with van der Waals surface area (Å²) in [5.74, 6) is 0. The van der Waals surface area contributed by atoms with Crippen LogP contribution in [0.1, 0.15) is 0 Å². The van der Waals surface area contributed by atoms with Gasteiger partial charge in [-0.3, -0.25) is 0 Å². The zero-order valence-corrected chi connectivity index (χ0v) is 14.5. The summed E-state index contributed by atoms with van der Waals surface area (Å²) in [5.41, 5.74) is 1.25. The van der Waals surface area contributed by atoms with E-state index in [1.165, 1.54) is 16.1 Å². The van der Waals surface area contributed by atoms with Gasteiger partial charge in [0.25, 0.3) is 0 Å². The molecular weight excluding hydrogens is 314 g/mol. The molecule has 0 fully saturated rings. The molecule has 0 N–H and O–H groups in total. The van der Waals surface area contributed by atoms with Crippen molar-refractivity contribution in [3.05, 3.63) is 53.0 Å². The molecule has 0 aliphatic carbocycles. The van der Waals surface area contributed by atoms with Gasteiger partial charge in [-0.05, 0) is 24.3 Å². The summed E-state index contributed by atoms with van der Waals surface area (Å²) in [6.07, 6.45) is 0. The third-order valence-electron chi connectivity index (χ3n) is 3.67. The van der Waals surface area contributed by atoms with Gasteiger partial charge in [0.2, 0.25) is 0 Å². The van der Waals surface area contributed by atoms with Crippen LogP contribution >= 0.6 is 15.9 Å². The minimum absolute atomic E-state index is 1.14. The van der Waals surface area contributed by atoms with E-state index in [-0.39, 0.29) is 0 Å². The maximum Gasteiger partial charge on any atom is 0.112 e. The maximum atomic E-state index is 3.50. The molecule has 19 heavy (non-hydrogen) atoms. The lowest BCUT2D eigenvalue weighted by Gasteiger charge is -2.24. The topological polar surface area (TPSA) is 3.24 Å². The van der Waals surface area contributed by atoms with Crippen molar-refractivity contribution < 1.29 is 0 Å². The van der Waals surface area contributed by atoms with Crippen LogP contribution in [-0.4, -0.2) is 22.2 Å². The van der Waals surface area contributed by atoms with Crippen LogP contribution in [0.25, 0.3) is 0 Å². The fourth-order valence-corrected chi connectivity index (χ4v) is 4.81. The molecule has 0 amide bonds. The molecule has 0 aromatic heterocycles. The van der Waals surface area contributed by atoms with Gasteiger partial charge in [-0.15, -0.1) is 0 Å². The molecule has 0 aliphatic rings. The van der Waals surface area contributed by atoms with Crippen LogP contribution in [-0.2, 0) is 0 Å². The molecule has 0 aliphatic heterocycles. The van der Waals surface area contributed by atoms with E-state index >= 15 is 0 Å². The second kappa shape index (κ2) is 5.51. The van der Waals surface area contributed by atoms with Gasteiger partial charge in [-0.1, -0.05) is 63.7 Å². The van der Waals surface area contributed by atoms with Crippen LogP contribution in [0.2, 0.25) is 13.1 Å². The average Bonchev–Trinajstić information content (AvgIpc) is 2.39. The van der Waals surface area contributed by atoms with E-state index in [0.29, 0.717) is 0 Å². The van der Waals surface area contributed by atoms with Gasteiger partial charge >= 0.3 is 0 Å². The first-order chi connectivity index (χ1) is 8.91. The second-order valence-electron chi connectivity index (χ2n) is 5.57. The van der Waals surface area contributed by atoms with Crippen LogP contribution < -0.4 is 15.3 Å². The zero-order chi connectivity index (χ0) is 14.0. The minimum atomic E-state index is -1.58. The van der Waals surface area contributed by atoms with E-state index < -0.39 is 8.07 Å². The predicted molar refractivity (Wildman–Crippen MR) is 91.7 cm³/mol. The first-order valence-electron chi connectivity index (χ1n) is 6.45. The molecule has 0 spiro atoms. The molecule has 2 aromatic rings. The van der Waals surface area contributed by atoms with Crippen LogP contribution in [0.3, 0.4) is 0 Å². The molecule has 0 heterocycles. The standard InChI is InChI=1S/C16H20BrNSi/c1-18(2)14-7-11-16(12-8-14)19(3,4)15-9-5-13(17)6-10-15/h5-12H,1-4H3. The number of anilines is 1. The van der Waals surface area contributed by atoms with E-state index in [1.54, 1.807) is 0 Å². The van der Waals surface area contributed by atoms with Crippen LogP contribution in [0.15, 0.2) is 53.0 Å². The van der Waals surface area contributed by atoms with Crippen LogP contribution in [0.5, 0.6) is 0 Å². The highest BCUT2D eigenvalue weighted by molar-refractivity contribution is 9.10. The van der Waals surface area contributed by atoms with Crippen molar-refractivity contribution >= 4 is 40.1 Å². The van der Waals surface area contributed by atoms with Gasteiger partial charge in [-0.2, -0.15) is 0 Å². The molecule has 0 unspecified atom stereocenters. The Morgan fingerprint density at radius 2 is 1.21 bits per heavy atom. The number of nitrogens with zero attached hydrogens (tertiary/aromatic N) is 1. The quantitative estimate of drug-likeness (QED) is 0.778. The van der Waals surface area contributed by atoms with Crippen LogP contribution in [0.4, 0.5) is 5.69 Å². The van der Waals surface area contributed by atoms with Gasteiger partial charge < -0.3 is 4.90 Å². The molecule has 3 heteroatoms. The van der Waals surface area contributed by atoms with E-state index in [9.17, 15) is 0 Å². The van der Waals surface area contributed by atoms with Crippen molar-refractivity contribution in [3.63, 3.8) is 0 Å². The summed E-state index contributed by atoms with van der Waals surface area (Å²) in [7, 11) is 2.58. The summed E-state index contributed by atoms with van der Waals surface area (Å²) in [5, 5.41) is 2.94. The molecule has 0 atom stereocenters. The number of hydrogen-bond donors (Lipinski definition) is 0. The number of halogens is 1. The molecule has 1 nitrogen and oxygen atoms in total. The lowest BCUT2D eigenvalue weighted by atomic mass is 10.3. The lowest BCUT2D eigenvalue weighted by Crippen LogP contribution is -2.52. The predicted octanol–water partition coefficient (Wildman–Crippen LogP) is 3.34. The number of hydrogen-bond acceptors (Lipinski definition) is 1. The van der Waals surface area contributed by atoms with E-state index in [4.69, 9.17) is 0 Å². The summed E-state index contributed by atoms with van der Waals surface area (Å²) < 4.78 is 1.14. The monoisotopic (exact) mass is 333 g/mol. The van der Waals surface area contributed by atoms with Gasteiger partial charge in [0.15, 0.2) is 0 Å². The molecule has 2 aromatic carbocycles. The van der Waals surface area contributed by atoms with Gasteiger partial charge in [0, 0.05) is 24.3 Å². The van der Waals surface area contributed by atoms with E-state index in [1.807, 2.05) is 0 Å². The second-order valence-corrected chi connectivity index (χ2v) is 10.9. The van der Waals surface area contributed by atoms with E-state index in [0.717, 1.165) is 4.47 Å². The van der Waals surface area contributed by atoms with Crippen molar-refractivity contribution in [3.8, 4) is 0 Å². The van der Waals surface area contributed by atoms with Crippen molar-refractivity contribution in [2.75, 3.05) is 19.0 Å². The van der Waals surface area contributed by atoms with E-state index in [2.05, 4.69) is 96.6 Å². The maximum absolute atomic E-state index is 3.50. The lowest BCUT2D eigenvalue weighted by molar-refractivity contribution is 1.13. The Balaban J connectivity index is 2.35. The first kappa shape index (κ1) is 14.3. The van der Waals surface area contributed by atoms with Crippen molar-refractivity contribution in [2.45, 2.75) is 13.1 Å². The Hall–Kier alpha value is -1.06. The Bertz CT molecular complexity index is 544. The molecule has 0 radical (unpaired) electrons. The summed E-state index contributed by atoms with van der Waals surface area (Å²) in [6.45, 7) is 4.81. The summed E-state index contributed by atoms with van der Waals surface area (Å²) in [4.78, 5) is 2.14. The fraction of sp³-hybridized carbons (Fsp3) is 0.250. The normalized spacial score (nSPS) is 11.4. The molecular formula is C16H20BrNSi. The highest BCUT2D eigenvalue weighted by Crippen LogP contribution is 2.13. The van der Waals surface area contributed by atoms with Gasteiger partial charge in [0.1, 0.15) is 8.07 Å². The Morgan fingerprint density at radius 3 is 1.63 bits per heavy atom. The number of benzene rings is 2. The largest absolute Gasteiger partial charge is 0.378 e. The highest BCUT2D eigenvalue weighted by Gasteiger charge is 2.25. The Kier molecular flexibility index (Phi) is 4.16. The molecule has 100 valence electrons. The fourth-order valence-electron chi connectivity index (χ4n) is 2.21. The molecule has 0 saturated carbocycles. The zero-order valence-electron chi connectivity index (χ0n) is 11.9. The Labute approximate surface area is 125 Å². The molecule has 0 bridgehead atoms. The number of rotatable bonds is 3. The minimum Gasteiger partial charge on any atom is -0.378 e. The molecule has 0 saturated heterocycles. The van der Waals surface area contributed by atoms with Gasteiger partial charge in [0.05, 0.1) is 0 Å². The summed E-state index contributed by atoms with van der Waals surface area (Å²) in [6, 6.07) is 17.8. The van der Waals surface area contributed by atoms with Crippen molar-refractivity contribution in [2.24, 2.45) is 0 Å². The Morgan fingerprint density at radius 1 is 0.789 bits per heavy atom.